The molecule has 1 aromatic rings. The summed E-state index contributed by atoms with van der Waals surface area (Å²) >= 11 is 0. The van der Waals surface area contributed by atoms with E-state index < -0.39 is 11.6 Å². The van der Waals surface area contributed by atoms with E-state index in [1.807, 2.05) is 13.1 Å². The molecule has 0 bridgehead atoms. The number of nitrogens with one attached hydrogen (secondary N) is 1. The Morgan fingerprint density at radius 2 is 1.95 bits per heavy atom. The van der Waals surface area contributed by atoms with Gasteiger partial charge in [-0.25, -0.2) is 0 Å². The molecule has 0 aliphatic heterocycles. The average molecular weight is 267 g/mol. The fourth-order valence-electron chi connectivity index (χ4n) is 2.72. The first-order valence-corrected chi connectivity index (χ1v) is 6.52. The molecule has 102 valence electrons. The maximum atomic E-state index is 13.1. The van der Waals surface area contributed by atoms with Gasteiger partial charge in [0.25, 0.3) is 0 Å². The van der Waals surface area contributed by atoms with E-state index >= 15 is 0 Å². The van der Waals surface area contributed by atoms with E-state index in [1.165, 1.54) is 0 Å². The van der Waals surface area contributed by atoms with Crippen LogP contribution in [0, 0.1) is 0 Å². The van der Waals surface area contributed by atoms with Crippen LogP contribution in [0.25, 0.3) is 5.57 Å². The van der Waals surface area contributed by atoms with Gasteiger partial charge in [0.05, 0.1) is 5.41 Å². The second-order valence-electron chi connectivity index (χ2n) is 5.45. The van der Waals surface area contributed by atoms with Crippen LogP contribution in [-0.4, -0.2) is 19.3 Å². The summed E-state index contributed by atoms with van der Waals surface area (Å²) in [6, 6.07) is 7.32. The summed E-state index contributed by atoms with van der Waals surface area (Å²) in [5, 5.41) is 3.13. The third-order valence-corrected chi connectivity index (χ3v) is 4.29. The number of likely N-dealkylation sites (N-methyl/N-ethyl adjacent to an activating group) is 1. The molecule has 0 radical (unpaired) electrons. The van der Waals surface area contributed by atoms with Crippen molar-refractivity contribution in [1.29, 1.82) is 0 Å². The molecule has 1 aromatic carbocycles. The van der Waals surface area contributed by atoms with Gasteiger partial charge < -0.3 is 5.32 Å². The van der Waals surface area contributed by atoms with Crippen molar-refractivity contribution < 1.29 is 13.2 Å². The molecule has 1 saturated carbocycles. The average Bonchev–Trinajstić information content (AvgIpc) is 3.08. The smallest absolute Gasteiger partial charge is 0.313 e. The van der Waals surface area contributed by atoms with E-state index in [4.69, 9.17) is 0 Å². The molecule has 0 heterocycles. The monoisotopic (exact) mass is 267 g/mol. The number of rotatable bonds is 3. The zero-order valence-corrected chi connectivity index (χ0v) is 10.7. The minimum absolute atomic E-state index is 0.220. The summed E-state index contributed by atoms with van der Waals surface area (Å²) in [5.74, 6) is 0. The lowest BCUT2D eigenvalue weighted by atomic mass is 9.85. The molecular weight excluding hydrogens is 251 g/mol. The van der Waals surface area contributed by atoms with Crippen LogP contribution in [0.1, 0.15) is 30.4 Å². The lowest BCUT2D eigenvalue weighted by molar-refractivity contribution is -0.160. The highest BCUT2D eigenvalue weighted by Gasteiger charge is 2.64. The molecule has 0 saturated heterocycles. The minimum atomic E-state index is -4.13. The Bertz CT molecular complexity index is 526. The van der Waals surface area contributed by atoms with Crippen LogP contribution in [0.3, 0.4) is 0 Å². The van der Waals surface area contributed by atoms with Gasteiger partial charge in [0, 0.05) is 6.04 Å². The van der Waals surface area contributed by atoms with Crippen molar-refractivity contribution in [3.05, 3.63) is 41.5 Å². The molecule has 3 rings (SSSR count). The van der Waals surface area contributed by atoms with Gasteiger partial charge in [-0.1, -0.05) is 30.3 Å². The third-order valence-electron chi connectivity index (χ3n) is 4.29. The van der Waals surface area contributed by atoms with Gasteiger partial charge in [-0.2, -0.15) is 13.2 Å². The quantitative estimate of drug-likeness (QED) is 0.881. The van der Waals surface area contributed by atoms with Gasteiger partial charge in [-0.3, -0.25) is 0 Å². The second-order valence-corrected chi connectivity index (χ2v) is 5.45. The highest BCUT2D eigenvalue weighted by molar-refractivity contribution is 5.72. The molecule has 19 heavy (non-hydrogen) atoms. The van der Waals surface area contributed by atoms with Crippen molar-refractivity contribution in [3.63, 3.8) is 0 Å². The maximum absolute atomic E-state index is 13.1. The highest BCUT2D eigenvalue weighted by atomic mass is 19.4. The molecule has 1 fully saturated rings. The van der Waals surface area contributed by atoms with Crippen molar-refractivity contribution in [2.45, 2.75) is 36.9 Å². The SMILES string of the molecule is CN[C@@H]1C=C(c2cccc(C3(C(F)(F)F)CC3)c2)C1. The first-order valence-electron chi connectivity index (χ1n) is 6.52. The van der Waals surface area contributed by atoms with Gasteiger partial charge >= 0.3 is 6.18 Å². The molecule has 1 N–H and O–H groups in total. The molecule has 0 amide bonds. The van der Waals surface area contributed by atoms with E-state index in [9.17, 15) is 13.2 Å². The Labute approximate surface area is 110 Å². The first kappa shape index (κ1) is 12.7. The zero-order chi connectivity index (χ0) is 13.7. The van der Waals surface area contributed by atoms with E-state index in [1.54, 1.807) is 18.2 Å². The predicted molar refractivity (Wildman–Crippen MR) is 68.9 cm³/mol. The van der Waals surface area contributed by atoms with Crippen LogP contribution in [0.5, 0.6) is 0 Å². The molecule has 0 spiro atoms. The number of hydrogen-bond acceptors (Lipinski definition) is 1. The number of benzene rings is 1. The van der Waals surface area contributed by atoms with Crippen molar-refractivity contribution >= 4 is 5.57 Å². The van der Waals surface area contributed by atoms with Crippen molar-refractivity contribution in [1.82, 2.24) is 5.32 Å². The summed E-state index contributed by atoms with van der Waals surface area (Å²) in [6.07, 6.45) is -0.728. The Hall–Kier alpha value is -1.29. The van der Waals surface area contributed by atoms with E-state index in [0.717, 1.165) is 17.6 Å². The van der Waals surface area contributed by atoms with Crippen LogP contribution in [-0.2, 0) is 5.41 Å². The molecule has 2 aliphatic rings. The Kier molecular flexibility index (Phi) is 2.75. The zero-order valence-electron chi connectivity index (χ0n) is 10.7. The Morgan fingerprint density at radius 1 is 1.26 bits per heavy atom. The van der Waals surface area contributed by atoms with E-state index in [-0.39, 0.29) is 12.8 Å². The van der Waals surface area contributed by atoms with Crippen LogP contribution in [0.4, 0.5) is 13.2 Å². The first-order chi connectivity index (χ1) is 8.96. The lowest BCUT2D eigenvalue weighted by Crippen LogP contribution is -2.30. The third kappa shape index (κ3) is 1.98. The van der Waals surface area contributed by atoms with Crippen LogP contribution in [0.2, 0.25) is 0 Å². The summed E-state index contributed by atoms with van der Waals surface area (Å²) in [4.78, 5) is 0. The minimum Gasteiger partial charge on any atom is -0.313 e. The fourth-order valence-corrected chi connectivity index (χ4v) is 2.72. The number of alkyl halides is 3. The Balaban J connectivity index is 1.90. The Morgan fingerprint density at radius 3 is 2.47 bits per heavy atom. The molecule has 4 heteroatoms. The summed E-state index contributed by atoms with van der Waals surface area (Å²) in [7, 11) is 1.89. The van der Waals surface area contributed by atoms with Crippen molar-refractivity contribution in [2.24, 2.45) is 0 Å². The van der Waals surface area contributed by atoms with Gasteiger partial charge in [-0.15, -0.1) is 0 Å². The highest BCUT2D eigenvalue weighted by Crippen LogP contribution is 2.59. The summed E-state index contributed by atoms with van der Waals surface area (Å²) < 4.78 is 39.3. The molecule has 0 aromatic heterocycles. The van der Waals surface area contributed by atoms with E-state index in [0.29, 0.717) is 11.6 Å². The number of halogens is 3. The second kappa shape index (κ2) is 4.10. The summed E-state index contributed by atoms with van der Waals surface area (Å²) in [5.41, 5.74) is 0.917. The van der Waals surface area contributed by atoms with Crippen LogP contribution >= 0.6 is 0 Å². The van der Waals surface area contributed by atoms with Gasteiger partial charge in [0.1, 0.15) is 0 Å². The fraction of sp³-hybridized carbons (Fsp3) is 0.467. The number of hydrogen-bond donors (Lipinski definition) is 1. The van der Waals surface area contributed by atoms with Gasteiger partial charge in [-0.05, 0) is 43.0 Å². The largest absolute Gasteiger partial charge is 0.398 e. The molecule has 2 aliphatic carbocycles. The van der Waals surface area contributed by atoms with Crippen molar-refractivity contribution in [3.8, 4) is 0 Å². The van der Waals surface area contributed by atoms with Crippen LogP contribution < -0.4 is 5.32 Å². The summed E-state index contributed by atoms with van der Waals surface area (Å²) in [6.45, 7) is 0. The lowest BCUT2D eigenvalue weighted by Gasteiger charge is -2.26. The van der Waals surface area contributed by atoms with Crippen molar-refractivity contribution in [2.75, 3.05) is 7.05 Å². The molecule has 0 unspecified atom stereocenters. The van der Waals surface area contributed by atoms with Gasteiger partial charge in [0.15, 0.2) is 0 Å². The molecule has 1 nitrogen and oxygen atoms in total. The van der Waals surface area contributed by atoms with E-state index in [2.05, 4.69) is 11.4 Å². The van der Waals surface area contributed by atoms with Gasteiger partial charge in [0.2, 0.25) is 0 Å². The standard InChI is InChI=1S/C15H16F3N/c1-19-13-8-11(9-13)10-3-2-4-12(7-10)14(5-6-14)15(16,17)18/h2-4,7-8,13,19H,5-6,9H2,1H3/t13-/m1/s1. The maximum Gasteiger partial charge on any atom is 0.398 e. The molecule has 1 atom stereocenters. The molecular formula is C15H16F3N. The topological polar surface area (TPSA) is 12.0 Å². The normalized spacial score (nSPS) is 24.6. The predicted octanol–water partition coefficient (Wildman–Crippen LogP) is 3.66. The van der Waals surface area contributed by atoms with Crippen LogP contribution in [0.15, 0.2) is 30.3 Å².